The van der Waals surface area contributed by atoms with Crippen LogP contribution in [0.15, 0.2) is 51.7 Å². The summed E-state index contributed by atoms with van der Waals surface area (Å²) in [6, 6.07) is 11.3. The Hall–Kier alpha value is -2.95. The second kappa shape index (κ2) is 5.44. The second-order valence-electron chi connectivity index (χ2n) is 4.67. The number of ether oxygens (including phenoxy) is 2. The van der Waals surface area contributed by atoms with Crippen LogP contribution in [0.4, 0.5) is 0 Å². The Morgan fingerprint density at radius 1 is 1.05 bits per heavy atom. The molecule has 2 aromatic carbocycles. The van der Waals surface area contributed by atoms with Gasteiger partial charge >= 0.3 is 0 Å². The Kier molecular flexibility index (Phi) is 3.47. The highest BCUT2D eigenvalue weighted by Crippen LogP contribution is 2.36. The van der Waals surface area contributed by atoms with Gasteiger partial charge in [0, 0.05) is 6.07 Å². The van der Waals surface area contributed by atoms with Gasteiger partial charge in [0.25, 0.3) is 0 Å². The Morgan fingerprint density at radius 3 is 2.50 bits per heavy atom. The molecule has 0 aliphatic heterocycles. The third kappa shape index (κ3) is 2.16. The molecule has 0 spiro atoms. The van der Waals surface area contributed by atoms with Gasteiger partial charge in [0.1, 0.15) is 22.5 Å². The number of aromatic hydroxyl groups is 1. The highest BCUT2D eigenvalue weighted by molar-refractivity contribution is 5.87. The van der Waals surface area contributed by atoms with Gasteiger partial charge in [-0.05, 0) is 24.3 Å². The van der Waals surface area contributed by atoms with E-state index < -0.39 is 0 Å². The maximum Gasteiger partial charge on any atom is 0.197 e. The van der Waals surface area contributed by atoms with E-state index in [2.05, 4.69) is 0 Å². The van der Waals surface area contributed by atoms with Crippen LogP contribution in [0.1, 0.15) is 0 Å². The minimum Gasteiger partial charge on any atom is -0.507 e. The maximum atomic E-state index is 12.5. The van der Waals surface area contributed by atoms with Gasteiger partial charge in [0.15, 0.2) is 16.9 Å². The lowest BCUT2D eigenvalue weighted by Crippen LogP contribution is -2.04. The summed E-state index contributed by atoms with van der Waals surface area (Å²) in [5.41, 5.74) is 0.551. The van der Waals surface area contributed by atoms with Crippen LogP contribution in [0.3, 0.4) is 0 Å². The second-order valence-corrected chi connectivity index (χ2v) is 4.67. The smallest absolute Gasteiger partial charge is 0.197 e. The summed E-state index contributed by atoms with van der Waals surface area (Å²) >= 11 is 0. The monoisotopic (exact) mass is 298 g/mol. The average Bonchev–Trinajstić information content (AvgIpc) is 2.54. The van der Waals surface area contributed by atoms with Gasteiger partial charge in [-0.15, -0.1) is 0 Å². The first-order valence-corrected chi connectivity index (χ1v) is 6.63. The third-order valence-electron chi connectivity index (χ3n) is 3.41. The molecule has 0 amide bonds. The van der Waals surface area contributed by atoms with Crippen LogP contribution in [0.25, 0.3) is 22.3 Å². The number of benzene rings is 2. The first-order valence-electron chi connectivity index (χ1n) is 6.63. The summed E-state index contributed by atoms with van der Waals surface area (Å²) in [6.07, 6.45) is 0. The molecule has 0 saturated carbocycles. The molecule has 0 unspecified atom stereocenters. The van der Waals surface area contributed by atoms with Crippen molar-refractivity contribution < 1.29 is 19.0 Å². The molecule has 3 rings (SSSR count). The predicted molar refractivity (Wildman–Crippen MR) is 82.7 cm³/mol. The van der Waals surface area contributed by atoms with E-state index >= 15 is 0 Å². The van der Waals surface area contributed by atoms with Crippen molar-refractivity contribution in [1.29, 1.82) is 0 Å². The molecule has 112 valence electrons. The molecular formula is C17H14O5. The van der Waals surface area contributed by atoms with Crippen molar-refractivity contribution in [3.63, 3.8) is 0 Å². The molecule has 3 aromatic rings. The Balaban J connectivity index is 2.32. The number of fused-ring (bicyclic) bond motifs is 1. The molecule has 5 nitrogen and oxygen atoms in total. The summed E-state index contributed by atoms with van der Waals surface area (Å²) < 4.78 is 16.2. The molecule has 0 aliphatic rings. The average molecular weight is 298 g/mol. The number of phenolic OH excluding ortho intramolecular Hbond substituents is 1. The fourth-order valence-electron chi connectivity index (χ4n) is 2.38. The van der Waals surface area contributed by atoms with Crippen LogP contribution in [-0.4, -0.2) is 19.3 Å². The van der Waals surface area contributed by atoms with Gasteiger partial charge < -0.3 is 19.0 Å². The molecular weight excluding hydrogens is 284 g/mol. The van der Waals surface area contributed by atoms with Crippen molar-refractivity contribution in [3.05, 3.63) is 52.7 Å². The van der Waals surface area contributed by atoms with Crippen LogP contribution < -0.4 is 14.9 Å². The van der Waals surface area contributed by atoms with E-state index in [-0.39, 0.29) is 11.2 Å². The number of para-hydroxylation sites is 1. The molecule has 1 aromatic heterocycles. The van der Waals surface area contributed by atoms with Crippen molar-refractivity contribution >= 4 is 11.0 Å². The van der Waals surface area contributed by atoms with E-state index in [1.54, 1.807) is 30.3 Å². The zero-order valence-corrected chi connectivity index (χ0v) is 12.1. The fourth-order valence-corrected chi connectivity index (χ4v) is 2.38. The van der Waals surface area contributed by atoms with Crippen molar-refractivity contribution in [3.8, 4) is 28.6 Å². The SMILES string of the molecule is COc1ccc2oc(-c3ccccc3O)cc(=O)c2c1OC. The zero-order chi connectivity index (χ0) is 15.7. The molecule has 0 aliphatic carbocycles. The van der Waals surface area contributed by atoms with Crippen molar-refractivity contribution in [1.82, 2.24) is 0 Å². The van der Waals surface area contributed by atoms with Gasteiger partial charge in [0.2, 0.25) is 0 Å². The number of phenols is 1. The number of hydrogen-bond donors (Lipinski definition) is 1. The number of hydrogen-bond acceptors (Lipinski definition) is 5. The van der Waals surface area contributed by atoms with E-state index in [0.29, 0.717) is 33.8 Å². The summed E-state index contributed by atoms with van der Waals surface area (Å²) in [7, 11) is 2.97. The summed E-state index contributed by atoms with van der Waals surface area (Å²) in [5, 5.41) is 10.2. The van der Waals surface area contributed by atoms with Crippen LogP contribution in [-0.2, 0) is 0 Å². The molecule has 5 heteroatoms. The van der Waals surface area contributed by atoms with Gasteiger partial charge in [-0.2, -0.15) is 0 Å². The topological polar surface area (TPSA) is 68.9 Å². The van der Waals surface area contributed by atoms with Gasteiger partial charge in [-0.3, -0.25) is 4.79 Å². The first kappa shape index (κ1) is 14.0. The van der Waals surface area contributed by atoms with Crippen LogP contribution in [0.5, 0.6) is 17.2 Å². The molecule has 0 atom stereocenters. The normalized spacial score (nSPS) is 10.6. The van der Waals surface area contributed by atoms with Crippen LogP contribution >= 0.6 is 0 Å². The maximum absolute atomic E-state index is 12.5. The van der Waals surface area contributed by atoms with Gasteiger partial charge in [-0.25, -0.2) is 0 Å². The van der Waals surface area contributed by atoms with E-state index in [0.717, 1.165) is 0 Å². The standard InChI is InChI=1S/C17H14O5/c1-20-14-8-7-13-16(17(14)21-2)12(19)9-15(22-13)10-5-3-4-6-11(10)18/h3-9,18H,1-2H3. The van der Waals surface area contributed by atoms with Crippen LogP contribution in [0, 0.1) is 0 Å². The molecule has 0 radical (unpaired) electrons. The minimum absolute atomic E-state index is 0.0467. The number of rotatable bonds is 3. The van der Waals surface area contributed by atoms with Crippen molar-refractivity contribution in [2.24, 2.45) is 0 Å². The molecule has 0 fully saturated rings. The fraction of sp³-hybridized carbons (Fsp3) is 0.118. The lowest BCUT2D eigenvalue weighted by Gasteiger charge is -2.11. The molecule has 1 N–H and O–H groups in total. The Bertz CT molecular complexity index is 895. The number of methoxy groups -OCH3 is 2. The minimum atomic E-state index is -0.268. The van der Waals surface area contributed by atoms with Crippen molar-refractivity contribution in [2.75, 3.05) is 14.2 Å². The quantitative estimate of drug-likeness (QED) is 0.804. The molecule has 1 heterocycles. The van der Waals surface area contributed by atoms with E-state index in [1.165, 1.54) is 26.4 Å². The van der Waals surface area contributed by atoms with E-state index in [9.17, 15) is 9.90 Å². The molecule has 0 bridgehead atoms. The first-order chi connectivity index (χ1) is 10.7. The van der Waals surface area contributed by atoms with Gasteiger partial charge in [-0.1, -0.05) is 12.1 Å². The van der Waals surface area contributed by atoms with Crippen LogP contribution in [0.2, 0.25) is 0 Å². The van der Waals surface area contributed by atoms with E-state index in [4.69, 9.17) is 13.9 Å². The highest BCUT2D eigenvalue weighted by Gasteiger charge is 2.16. The van der Waals surface area contributed by atoms with E-state index in [1.807, 2.05) is 0 Å². The molecule has 0 saturated heterocycles. The largest absolute Gasteiger partial charge is 0.507 e. The lowest BCUT2D eigenvalue weighted by atomic mass is 10.1. The predicted octanol–water partition coefficient (Wildman–Crippen LogP) is 3.18. The zero-order valence-electron chi connectivity index (χ0n) is 12.1. The molecule has 22 heavy (non-hydrogen) atoms. The van der Waals surface area contributed by atoms with Gasteiger partial charge in [0.05, 0.1) is 19.8 Å². The Morgan fingerprint density at radius 2 is 1.82 bits per heavy atom. The third-order valence-corrected chi connectivity index (χ3v) is 3.41. The highest BCUT2D eigenvalue weighted by atomic mass is 16.5. The lowest BCUT2D eigenvalue weighted by molar-refractivity contribution is 0.358. The summed E-state index contributed by atoms with van der Waals surface area (Å²) in [5.74, 6) is 1.13. The van der Waals surface area contributed by atoms with Crippen molar-refractivity contribution in [2.45, 2.75) is 0 Å². The summed E-state index contributed by atoms with van der Waals surface area (Å²) in [6.45, 7) is 0. The Labute approximate surface area is 126 Å². The summed E-state index contributed by atoms with van der Waals surface area (Å²) in [4.78, 5) is 12.5.